The van der Waals surface area contributed by atoms with Gasteiger partial charge in [0.1, 0.15) is 11.9 Å². The summed E-state index contributed by atoms with van der Waals surface area (Å²) >= 11 is 0. The Morgan fingerprint density at radius 2 is 2.19 bits per heavy atom. The highest BCUT2D eigenvalue weighted by molar-refractivity contribution is 5.26. The molecular weight excluding hydrogens is 268 g/mol. The van der Waals surface area contributed by atoms with E-state index in [0.29, 0.717) is 13.2 Å². The molecule has 2 fully saturated rings. The Morgan fingerprint density at radius 3 is 2.76 bits per heavy atom. The molecule has 4 heteroatoms. The van der Waals surface area contributed by atoms with Gasteiger partial charge in [-0.15, -0.1) is 6.58 Å². The van der Waals surface area contributed by atoms with Gasteiger partial charge in [-0.2, -0.15) is 0 Å². The van der Waals surface area contributed by atoms with E-state index in [1.165, 1.54) is 0 Å². The molecule has 1 aliphatic carbocycles. The second-order valence-corrected chi connectivity index (χ2v) is 5.98. The van der Waals surface area contributed by atoms with E-state index in [1.807, 2.05) is 30.3 Å². The fraction of sp³-hybridized carbons (Fsp3) is 0.529. The zero-order chi connectivity index (χ0) is 14.9. The monoisotopic (exact) mass is 290 g/mol. The number of fused-ring (bicyclic) bond motifs is 1. The van der Waals surface area contributed by atoms with Crippen LogP contribution in [0.15, 0.2) is 36.9 Å². The number of hydrogen-bond acceptors (Lipinski definition) is 4. The molecule has 114 valence electrons. The fourth-order valence-electron chi connectivity index (χ4n) is 3.26. The van der Waals surface area contributed by atoms with Crippen LogP contribution in [0.1, 0.15) is 18.4 Å². The highest BCUT2D eigenvalue weighted by Crippen LogP contribution is 2.52. The van der Waals surface area contributed by atoms with Gasteiger partial charge < -0.3 is 19.3 Å². The van der Waals surface area contributed by atoms with E-state index in [0.717, 1.165) is 24.2 Å². The number of aliphatic hydroxyl groups excluding tert-OH is 1. The van der Waals surface area contributed by atoms with E-state index in [1.54, 1.807) is 7.11 Å². The predicted molar refractivity (Wildman–Crippen MR) is 79.2 cm³/mol. The lowest BCUT2D eigenvalue weighted by Gasteiger charge is -2.33. The van der Waals surface area contributed by atoms with Gasteiger partial charge in [-0.3, -0.25) is 0 Å². The van der Waals surface area contributed by atoms with Crippen LogP contribution < -0.4 is 4.74 Å². The maximum absolute atomic E-state index is 10.4. The number of benzene rings is 1. The third kappa shape index (κ3) is 2.84. The van der Waals surface area contributed by atoms with Gasteiger partial charge in [0.25, 0.3) is 0 Å². The molecule has 0 bridgehead atoms. The number of allylic oxidation sites excluding steroid dienone is 1. The number of methoxy groups -OCH3 is 1. The zero-order valence-electron chi connectivity index (χ0n) is 12.3. The van der Waals surface area contributed by atoms with Crippen LogP contribution in [-0.2, 0) is 16.1 Å². The van der Waals surface area contributed by atoms with Gasteiger partial charge in [0.05, 0.1) is 32.5 Å². The van der Waals surface area contributed by atoms with Crippen LogP contribution in [0.25, 0.3) is 0 Å². The van der Waals surface area contributed by atoms with E-state index in [9.17, 15) is 5.11 Å². The molecule has 1 aromatic rings. The molecule has 2 aliphatic rings. The summed E-state index contributed by atoms with van der Waals surface area (Å²) in [6.07, 6.45) is 3.25. The summed E-state index contributed by atoms with van der Waals surface area (Å²) in [5.41, 5.74) is 0.861. The summed E-state index contributed by atoms with van der Waals surface area (Å²) in [6, 6.07) is 7.83. The minimum Gasteiger partial charge on any atom is -0.497 e. The lowest BCUT2D eigenvalue weighted by Crippen LogP contribution is -2.38. The van der Waals surface area contributed by atoms with Crippen molar-refractivity contribution in [1.29, 1.82) is 0 Å². The topological polar surface area (TPSA) is 51.2 Å². The van der Waals surface area contributed by atoms with Crippen molar-refractivity contribution in [3.05, 3.63) is 42.5 Å². The first-order chi connectivity index (χ1) is 10.2. The zero-order valence-corrected chi connectivity index (χ0v) is 12.3. The van der Waals surface area contributed by atoms with E-state index >= 15 is 0 Å². The molecule has 1 saturated carbocycles. The van der Waals surface area contributed by atoms with Gasteiger partial charge in [-0.1, -0.05) is 18.2 Å². The van der Waals surface area contributed by atoms with Crippen LogP contribution in [0.5, 0.6) is 5.75 Å². The molecule has 4 atom stereocenters. The molecule has 21 heavy (non-hydrogen) atoms. The molecule has 1 saturated heterocycles. The smallest absolute Gasteiger partial charge is 0.118 e. The third-order valence-corrected chi connectivity index (χ3v) is 4.54. The Kier molecular flexibility index (Phi) is 4.02. The third-order valence-electron chi connectivity index (χ3n) is 4.54. The van der Waals surface area contributed by atoms with Crippen molar-refractivity contribution >= 4 is 0 Å². The van der Waals surface area contributed by atoms with Gasteiger partial charge >= 0.3 is 0 Å². The van der Waals surface area contributed by atoms with E-state index in [4.69, 9.17) is 14.2 Å². The van der Waals surface area contributed by atoms with Crippen LogP contribution in [0, 0.1) is 5.41 Å². The molecule has 0 radical (unpaired) electrons. The quantitative estimate of drug-likeness (QED) is 0.618. The van der Waals surface area contributed by atoms with Crippen molar-refractivity contribution < 1.29 is 19.3 Å². The molecule has 1 heterocycles. The van der Waals surface area contributed by atoms with Crippen molar-refractivity contribution in [3.8, 4) is 5.75 Å². The van der Waals surface area contributed by atoms with Crippen molar-refractivity contribution in [2.24, 2.45) is 5.41 Å². The van der Waals surface area contributed by atoms with Crippen molar-refractivity contribution in [2.45, 2.75) is 37.8 Å². The number of epoxide rings is 1. The summed E-state index contributed by atoms with van der Waals surface area (Å²) in [5.74, 6) is 0.838. The number of hydrogen-bond donors (Lipinski definition) is 1. The summed E-state index contributed by atoms with van der Waals surface area (Å²) in [6.45, 7) is 4.87. The van der Waals surface area contributed by atoms with Crippen LogP contribution in [0.3, 0.4) is 0 Å². The normalized spacial score (nSPS) is 33.5. The lowest BCUT2D eigenvalue weighted by atomic mass is 9.80. The molecular formula is C17H22O4. The first-order valence-electron chi connectivity index (χ1n) is 7.33. The standard InChI is InChI=1S/C17H22O4/c1-3-8-17(9-14-15(21-14)16(17)18)11-20-10-12-4-6-13(19-2)7-5-12/h3-7,14-16,18H,1,8-11H2,2H3/t14-,15-,16-,17-/m0/s1. The van der Waals surface area contributed by atoms with Crippen molar-refractivity contribution in [3.63, 3.8) is 0 Å². The summed E-state index contributed by atoms with van der Waals surface area (Å²) < 4.78 is 16.4. The van der Waals surface area contributed by atoms with E-state index in [2.05, 4.69) is 6.58 Å². The summed E-state index contributed by atoms with van der Waals surface area (Å²) in [5, 5.41) is 10.4. The van der Waals surface area contributed by atoms with Crippen LogP contribution >= 0.6 is 0 Å². The average molecular weight is 290 g/mol. The number of rotatable bonds is 7. The Hall–Kier alpha value is -1.36. The van der Waals surface area contributed by atoms with Gasteiger partial charge in [0.2, 0.25) is 0 Å². The highest BCUT2D eigenvalue weighted by atomic mass is 16.6. The van der Waals surface area contributed by atoms with Crippen molar-refractivity contribution in [2.75, 3.05) is 13.7 Å². The van der Waals surface area contributed by atoms with Crippen LogP contribution in [-0.4, -0.2) is 37.1 Å². The Morgan fingerprint density at radius 1 is 1.43 bits per heavy atom. The molecule has 1 aromatic carbocycles. The van der Waals surface area contributed by atoms with Gasteiger partial charge in [-0.05, 0) is 30.5 Å². The second kappa shape index (κ2) is 5.79. The van der Waals surface area contributed by atoms with E-state index < -0.39 is 6.10 Å². The van der Waals surface area contributed by atoms with Crippen molar-refractivity contribution in [1.82, 2.24) is 0 Å². The van der Waals surface area contributed by atoms with Gasteiger partial charge in [0, 0.05) is 5.41 Å². The van der Waals surface area contributed by atoms with Gasteiger partial charge in [0.15, 0.2) is 0 Å². The lowest BCUT2D eigenvalue weighted by molar-refractivity contribution is -0.0617. The molecule has 3 rings (SSSR count). The molecule has 1 N–H and O–H groups in total. The van der Waals surface area contributed by atoms with Crippen LogP contribution in [0.2, 0.25) is 0 Å². The van der Waals surface area contributed by atoms with Crippen LogP contribution in [0.4, 0.5) is 0 Å². The first-order valence-corrected chi connectivity index (χ1v) is 7.33. The second-order valence-electron chi connectivity index (χ2n) is 5.98. The molecule has 0 spiro atoms. The maximum atomic E-state index is 10.4. The van der Waals surface area contributed by atoms with E-state index in [-0.39, 0.29) is 17.6 Å². The molecule has 0 aromatic heterocycles. The number of aliphatic hydroxyl groups is 1. The molecule has 0 unspecified atom stereocenters. The highest BCUT2D eigenvalue weighted by Gasteiger charge is 2.62. The minimum absolute atomic E-state index is 0.00883. The SMILES string of the molecule is C=CC[C@@]1(COCc2ccc(OC)cc2)C[C@@H]2O[C@@H]2[C@@H]1O. The molecule has 4 nitrogen and oxygen atoms in total. The summed E-state index contributed by atoms with van der Waals surface area (Å²) in [7, 11) is 1.65. The first kappa shape index (κ1) is 14.6. The Balaban J connectivity index is 1.56. The molecule has 0 amide bonds. The van der Waals surface area contributed by atoms with Gasteiger partial charge in [-0.25, -0.2) is 0 Å². The predicted octanol–water partition coefficient (Wildman–Crippen LogP) is 2.31. The summed E-state index contributed by atoms with van der Waals surface area (Å²) in [4.78, 5) is 0. The Bertz CT molecular complexity index is 498. The number of ether oxygens (including phenoxy) is 3. The minimum atomic E-state index is -0.448. The fourth-order valence-corrected chi connectivity index (χ4v) is 3.26. The molecule has 1 aliphatic heterocycles. The maximum Gasteiger partial charge on any atom is 0.118 e. The largest absolute Gasteiger partial charge is 0.497 e. The Labute approximate surface area is 125 Å². The average Bonchev–Trinajstić information content (AvgIpc) is 3.20.